The minimum Gasteiger partial charge on any atom is -0.503 e. The number of aliphatic hydroxyl groups is 1. The van der Waals surface area contributed by atoms with E-state index in [2.05, 4.69) is 34.1 Å². The Morgan fingerprint density at radius 2 is 1.96 bits per heavy atom. The molecule has 8 heteroatoms. The molecular weight excluding hydrogens is 340 g/mol. The molecule has 7 nitrogen and oxygen atoms in total. The Morgan fingerprint density at radius 1 is 1.28 bits per heavy atom. The Hall–Kier alpha value is -1.93. The van der Waals surface area contributed by atoms with Crippen molar-refractivity contribution >= 4 is 23.2 Å². The summed E-state index contributed by atoms with van der Waals surface area (Å²) in [5, 5.41) is 15.5. The Balaban J connectivity index is 1.66. The number of carbonyl (C=O) groups is 2. The number of thiazole rings is 1. The van der Waals surface area contributed by atoms with E-state index in [0.29, 0.717) is 5.01 Å². The molecule has 0 radical (unpaired) electrons. The molecule has 1 aliphatic heterocycles. The molecule has 3 rings (SSSR count). The first-order valence-corrected chi connectivity index (χ1v) is 9.42. The summed E-state index contributed by atoms with van der Waals surface area (Å²) < 4.78 is 0. The monoisotopic (exact) mass is 364 g/mol. The van der Waals surface area contributed by atoms with Gasteiger partial charge in [-0.25, -0.2) is 4.98 Å². The van der Waals surface area contributed by atoms with Crippen molar-refractivity contribution in [2.45, 2.75) is 50.7 Å². The van der Waals surface area contributed by atoms with Crippen molar-refractivity contribution in [3.8, 4) is 0 Å². The highest BCUT2D eigenvalue weighted by Gasteiger charge is 2.30. The molecule has 1 aromatic heterocycles. The third kappa shape index (κ3) is 4.19. The van der Waals surface area contributed by atoms with Crippen LogP contribution in [0.25, 0.3) is 0 Å². The van der Waals surface area contributed by atoms with Crippen molar-refractivity contribution in [1.82, 2.24) is 20.5 Å². The van der Waals surface area contributed by atoms with Crippen LogP contribution in [-0.4, -0.2) is 52.5 Å². The molecule has 25 heavy (non-hydrogen) atoms. The van der Waals surface area contributed by atoms with Crippen molar-refractivity contribution < 1.29 is 14.7 Å². The lowest BCUT2D eigenvalue weighted by Gasteiger charge is -2.32. The maximum Gasteiger partial charge on any atom is 0.285 e. The zero-order valence-corrected chi connectivity index (χ0v) is 15.2. The second-order valence-corrected chi connectivity index (χ2v) is 7.85. The smallest absolute Gasteiger partial charge is 0.285 e. The topological polar surface area (TPSA) is 94.6 Å². The first-order chi connectivity index (χ1) is 11.9. The molecule has 1 fully saturated rings. The molecule has 0 saturated heterocycles. The summed E-state index contributed by atoms with van der Waals surface area (Å²) in [5.74, 6) is -1.28. The van der Waals surface area contributed by atoms with Gasteiger partial charge >= 0.3 is 0 Å². The van der Waals surface area contributed by atoms with Crippen molar-refractivity contribution in [2.75, 3.05) is 13.6 Å². The van der Waals surface area contributed by atoms with Crippen LogP contribution in [0.15, 0.2) is 12.3 Å². The molecule has 1 aromatic rings. The van der Waals surface area contributed by atoms with Crippen molar-refractivity contribution in [1.29, 1.82) is 0 Å². The van der Waals surface area contributed by atoms with Crippen LogP contribution < -0.4 is 10.6 Å². The number of nitrogens with one attached hydrogen (secondary N) is 2. The second kappa shape index (κ2) is 7.53. The number of hydrogen-bond donors (Lipinski definition) is 3. The standard InChI is InChI=1S/C17H24N4O3S/c1-10(22)15(23)18-11-5-3-4-6-12(11)19-16(24)17-20-13-7-8-21(2)9-14(13)25-17/h11-12,22H,1,3-9H2,2H3,(H,18,23)(H,19,24). The Bertz CT molecular complexity index is 687. The van der Waals surface area contributed by atoms with Gasteiger partial charge in [-0.15, -0.1) is 11.3 Å². The van der Waals surface area contributed by atoms with Gasteiger partial charge in [0.1, 0.15) is 0 Å². The summed E-state index contributed by atoms with van der Waals surface area (Å²) in [6, 6.07) is -0.358. The fourth-order valence-corrected chi connectivity index (χ4v) is 4.47. The first-order valence-electron chi connectivity index (χ1n) is 8.60. The van der Waals surface area contributed by atoms with Gasteiger partial charge in [0.05, 0.1) is 5.69 Å². The van der Waals surface area contributed by atoms with E-state index >= 15 is 0 Å². The number of aromatic nitrogens is 1. The van der Waals surface area contributed by atoms with Crippen molar-refractivity contribution in [3.05, 3.63) is 27.9 Å². The summed E-state index contributed by atoms with van der Waals surface area (Å²) in [4.78, 5) is 32.2. The molecule has 1 saturated carbocycles. The fourth-order valence-electron chi connectivity index (χ4n) is 3.38. The number of amides is 2. The maximum atomic E-state index is 12.6. The van der Waals surface area contributed by atoms with Crippen LogP contribution in [0.5, 0.6) is 0 Å². The predicted octanol–water partition coefficient (Wildman–Crippen LogP) is 1.36. The summed E-state index contributed by atoms with van der Waals surface area (Å²) in [6.45, 7) is 5.03. The molecule has 0 aromatic carbocycles. The minimum absolute atomic E-state index is 0.159. The lowest BCUT2D eigenvalue weighted by Crippen LogP contribution is -2.53. The lowest BCUT2D eigenvalue weighted by molar-refractivity contribution is -0.121. The highest BCUT2D eigenvalue weighted by molar-refractivity contribution is 7.13. The molecule has 0 bridgehead atoms. The molecule has 2 amide bonds. The third-order valence-corrected chi connectivity index (χ3v) is 5.86. The number of rotatable bonds is 4. The van der Waals surface area contributed by atoms with Crippen LogP contribution >= 0.6 is 11.3 Å². The highest BCUT2D eigenvalue weighted by atomic mass is 32.1. The highest BCUT2D eigenvalue weighted by Crippen LogP contribution is 2.25. The van der Waals surface area contributed by atoms with Crippen LogP contribution in [0.3, 0.4) is 0 Å². The third-order valence-electron chi connectivity index (χ3n) is 4.78. The zero-order chi connectivity index (χ0) is 18.0. The predicted molar refractivity (Wildman–Crippen MR) is 95.6 cm³/mol. The summed E-state index contributed by atoms with van der Waals surface area (Å²) in [5.41, 5.74) is 1.03. The van der Waals surface area contributed by atoms with Crippen LogP contribution in [0.2, 0.25) is 0 Å². The Kier molecular flexibility index (Phi) is 5.39. The van der Waals surface area contributed by atoms with Gasteiger partial charge in [0.2, 0.25) is 0 Å². The molecular formula is C17H24N4O3S. The van der Waals surface area contributed by atoms with Gasteiger partial charge in [-0.05, 0) is 19.9 Å². The van der Waals surface area contributed by atoms with Gasteiger partial charge in [-0.3, -0.25) is 9.59 Å². The average Bonchev–Trinajstić information content (AvgIpc) is 2.99. The average molecular weight is 364 g/mol. The fraction of sp³-hybridized carbons (Fsp3) is 0.588. The number of nitrogens with zero attached hydrogens (tertiary/aromatic N) is 2. The van der Waals surface area contributed by atoms with Crippen LogP contribution in [0.1, 0.15) is 46.1 Å². The number of likely N-dealkylation sites (N-methyl/N-ethyl adjacent to an activating group) is 1. The van der Waals surface area contributed by atoms with E-state index < -0.39 is 11.7 Å². The second-order valence-electron chi connectivity index (χ2n) is 6.77. The van der Waals surface area contributed by atoms with Gasteiger partial charge in [-0.2, -0.15) is 0 Å². The number of carbonyl (C=O) groups excluding carboxylic acids is 2. The quantitative estimate of drug-likeness (QED) is 0.554. The maximum absolute atomic E-state index is 12.6. The van der Waals surface area contributed by atoms with E-state index in [0.717, 1.165) is 55.8 Å². The largest absolute Gasteiger partial charge is 0.503 e. The van der Waals surface area contributed by atoms with Gasteiger partial charge < -0.3 is 20.6 Å². The van der Waals surface area contributed by atoms with Gasteiger partial charge in [0, 0.05) is 36.5 Å². The number of aliphatic hydroxyl groups excluding tert-OH is 1. The minimum atomic E-state index is -0.584. The van der Waals surface area contributed by atoms with E-state index in [1.807, 2.05) is 0 Å². The summed E-state index contributed by atoms with van der Waals surface area (Å²) in [6.07, 6.45) is 4.41. The Morgan fingerprint density at radius 3 is 2.64 bits per heavy atom. The summed E-state index contributed by atoms with van der Waals surface area (Å²) in [7, 11) is 2.06. The van der Waals surface area contributed by atoms with E-state index in [1.165, 1.54) is 11.3 Å². The lowest BCUT2D eigenvalue weighted by atomic mass is 9.90. The molecule has 2 unspecified atom stereocenters. The molecule has 136 valence electrons. The van der Waals surface area contributed by atoms with Crippen LogP contribution in [0.4, 0.5) is 0 Å². The van der Waals surface area contributed by atoms with Crippen LogP contribution in [-0.2, 0) is 17.8 Å². The molecule has 1 aliphatic carbocycles. The van der Waals surface area contributed by atoms with E-state index in [1.54, 1.807) is 0 Å². The van der Waals surface area contributed by atoms with E-state index in [9.17, 15) is 14.7 Å². The SMILES string of the molecule is C=C(O)C(=O)NC1CCCCC1NC(=O)c1nc2c(s1)CN(C)CC2. The van der Waals surface area contributed by atoms with Gasteiger partial charge in [-0.1, -0.05) is 19.4 Å². The van der Waals surface area contributed by atoms with E-state index in [-0.39, 0.29) is 18.0 Å². The van der Waals surface area contributed by atoms with E-state index in [4.69, 9.17) is 0 Å². The zero-order valence-electron chi connectivity index (χ0n) is 14.4. The van der Waals surface area contributed by atoms with Crippen molar-refractivity contribution in [2.24, 2.45) is 0 Å². The van der Waals surface area contributed by atoms with Gasteiger partial charge in [0.25, 0.3) is 11.8 Å². The first kappa shape index (κ1) is 17.9. The van der Waals surface area contributed by atoms with Crippen molar-refractivity contribution in [3.63, 3.8) is 0 Å². The molecule has 0 spiro atoms. The van der Waals surface area contributed by atoms with Gasteiger partial charge in [0.15, 0.2) is 10.8 Å². The molecule has 2 aliphatic rings. The normalized spacial score (nSPS) is 23.6. The Labute approximate surface area is 151 Å². The molecule has 2 atom stereocenters. The summed E-state index contributed by atoms with van der Waals surface area (Å²) >= 11 is 1.45. The number of fused-ring (bicyclic) bond motifs is 1. The molecule has 3 N–H and O–H groups in total. The number of hydrogen-bond acceptors (Lipinski definition) is 6. The van der Waals surface area contributed by atoms with Crippen LogP contribution in [0, 0.1) is 0 Å². The molecule has 2 heterocycles.